The fourth-order valence-corrected chi connectivity index (χ4v) is 4.32. The zero-order valence-corrected chi connectivity index (χ0v) is 20.6. The number of nitrogens with zero attached hydrogens (tertiary/aromatic N) is 2. The zero-order chi connectivity index (χ0) is 24.8. The molecule has 0 saturated carbocycles. The summed E-state index contributed by atoms with van der Waals surface area (Å²) in [5, 5.41) is 11.3. The van der Waals surface area contributed by atoms with Gasteiger partial charge in [-0.3, -0.25) is 9.59 Å². The predicted octanol–water partition coefficient (Wildman–Crippen LogP) is 4.03. The maximum atomic E-state index is 13.2. The maximum absolute atomic E-state index is 13.2. The van der Waals surface area contributed by atoms with Gasteiger partial charge >= 0.3 is 0 Å². The Labute approximate surface area is 201 Å². The van der Waals surface area contributed by atoms with Gasteiger partial charge in [0.05, 0.1) is 25.8 Å². The smallest absolute Gasteiger partial charge is 0.295 e. The second-order valence-electron chi connectivity index (χ2n) is 8.18. The van der Waals surface area contributed by atoms with E-state index in [9.17, 15) is 14.7 Å². The van der Waals surface area contributed by atoms with Crippen LogP contribution >= 0.6 is 0 Å². The normalized spacial score (nSPS) is 17.5. The largest absolute Gasteiger partial charge is 0.507 e. The van der Waals surface area contributed by atoms with E-state index in [1.54, 1.807) is 23.1 Å². The van der Waals surface area contributed by atoms with E-state index in [4.69, 9.17) is 9.47 Å². The highest BCUT2D eigenvalue weighted by Gasteiger charge is 2.46. The number of Topliss-reactive ketones (excluding diaryl/α,β-unsaturated/α-hetero) is 1. The van der Waals surface area contributed by atoms with E-state index < -0.39 is 17.7 Å². The Bertz CT molecular complexity index is 1060. The number of likely N-dealkylation sites (N-methyl/N-ethyl adjacent to an activating group) is 1. The second kappa shape index (κ2) is 11.2. The number of aliphatic hydroxyl groups is 1. The topological polar surface area (TPSA) is 79.3 Å². The molecule has 1 heterocycles. The number of hydrogen-bond donors (Lipinski definition) is 1. The standard InChI is InChI=1S/C27H34N2O5/c1-6-18-9-11-19(12-10-18)24-23(25(30)20-13-14-21(33-4)22(17-20)34-5)26(31)27(32)29(24)16-15-28(7-2)8-3/h9-14,17,24,30H,6-8,15-16H2,1-5H3/t24-/m1/s1. The first kappa shape index (κ1) is 25.3. The van der Waals surface area contributed by atoms with Crippen LogP contribution in [0.2, 0.25) is 0 Å². The van der Waals surface area contributed by atoms with Crippen molar-refractivity contribution in [2.75, 3.05) is 40.4 Å². The van der Waals surface area contributed by atoms with Crippen molar-refractivity contribution in [3.8, 4) is 11.5 Å². The molecule has 2 aromatic carbocycles. The molecule has 1 fully saturated rings. The van der Waals surface area contributed by atoms with E-state index in [1.165, 1.54) is 14.2 Å². The first-order valence-corrected chi connectivity index (χ1v) is 11.7. The van der Waals surface area contributed by atoms with E-state index in [0.717, 1.165) is 30.6 Å². The van der Waals surface area contributed by atoms with Crippen LogP contribution in [-0.4, -0.2) is 67.0 Å². The number of aryl methyl sites for hydroxylation is 1. The molecule has 34 heavy (non-hydrogen) atoms. The second-order valence-corrected chi connectivity index (χ2v) is 8.18. The zero-order valence-electron chi connectivity index (χ0n) is 20.6. The number of hydrogen-bond acceptors (Lipinski definition) is 6. The fraction of sp³-hybridized carbons (Fsp3) is 0.407. The summed E-state index contributed by atoms with van der Waals surface area (Å²) in [5.74, 6) is -0.582. The van der Waals surface area contributed by atoms with Gasteiger partial charge in [-0.15, -0.1) is 0 Å². The molecule has 0 aromatic heterocycles. The predicted molar refractivity (Wildman–Crippen MR) is 132 cm³/mol. The third kappa shape index (κ3) is 4.94. The average Bonchev–Trinajstić information content (AvgIpc) is 3.13. The number of benzene rings is 2. The van der Waals surface area contributed by atoms with Crippen LogP contribution in [0.1, 0.15) is 43.5 Å². The Hall–Kier alpha value is -3.32. The van der Waals surface area contributed by atoms with Gasteiger partial charge in [0.1, 0.15) is 5.76 Å². The van der Waals surface area contributed by atoms with Crippen LogP contribution in [0, 0.1) is 0 Å². The summed E-state index contributed by atoms with van der Waals surface area (Å²) in [7, 11) is 3.03. The van der Waals surface area contributed by atoms with Crippen molar-refractivity contribution >= 4 is 17.4 Å². The average molecular weight is 467 g/mol. The summed E-state index contributed by atoms with van der Waals surface area (Å²) in [5.41, 5.74) is 2.41. The maximum Gasteiger partial charge on any atom is 0.295 e. The van der Waals surface area contributed by atoms with Crippen LogP contribution < -0.4 is 9.47 Å². The number of ketones is 1. The van der Waals surface area contributed by atoms with Gasteiger partial charge < -0.3 is 24.4 Å². The lowest BCUT2D eigenvalue weighted by atomic mass is 9.94. The summed E-state index contributed by atoms with van der Waals surface area (Å²) in [6.07, 6.45) is 0.883. The third-order valence-electron chi connectivity index (χ3n) is 6.45. The minimum atomic E-state index is -0.684. The summed E-state index contributed by atoms with van der Waals surface area (Å²) >= 11 is 0. The lowest BCUT2D eigenvalue weighted by molar-refractivity contribution is -0.140. The molecule has 0 unspecified atom stereocenters. The number of ether oxygens (including phenoxy) is 2. The van der Waals surface area contributed by atoms with Crippen LogP contribution in [0.5, 0.6) is 11.5 Å². The Kier molecular flexibility index (Phi) is 8.34. The molecule has 7 heteroatoms. The molecular formula is C27H34N2O5. The molecule has 1 aliphatic heterocycles. The van der Waals surface area contributed by atoms with Crippen molar-refractivity contribution in [3.05, 3.63) is 64.7 Å². The van der Waals surface area contributed by atoms with E-state index >= 15 is 0 Å². The van der Waals surface area contributed by atoms with Crippen LogP contribution in [0.15, 0.2) is 48.0 Å². The summed E-state index contributed by atoms with van der Waals surface area (Å²) < 4.78 is 10.6. The molecule has 1 amide bonds. The fourth-order valence-electron chi connectivity index (χ4n) is 4.32. The minimum absolute atomic E-state index is 0.0843. The Morgan fingerprint density at radius 1 is 0.971 bits per heavy atom. The van der Waals surface area contributed by atoms with Crippen LogP contribution in [0.25, 0.3) is 5.76 Å². The van der Waals surface area contributed by atoms with Gasteiger partial charge in [0, 0.05) is 18.7 Å². The molecule has 1 aliphatic rings. The first-order chi connectivity index (χ1) is 16.4. The molecule has 0 aliphatic carbocycles. The minimum Gasteiger partial charge on any atom is -0.507 e. The number of likely N-dealkylation sites (tertiary alicyclic amines) is 1. The van der Waals surface area contributed by atoms with Gasteiger partial charge in [0.2, 0.25) is 0 Å². The summed E-state index contributed by atoms with van der Waals surface area (Å²) in [6.45, 7) is 8.92. The van der Waals surface area contributed by atoms with Crippen LogP contribution in [-0.2, 0) is 16.0 Å². The SMILES string of the molecule is CCc1ccc([C@@H]2C(=C(O)c3ccc(OC)c(OC)c3)C(=O)C(=O)N2CCN(CC)CC)cc1. The van der Waals surface area contributed by atoms with Crippen LogP contribution in [0.4, 0.5) is 0 Å². The van der Waals surface area contributed by atoms with Crippen LogP contribution in [0.3, 0.4) is 0 Å². The number of carbonyl (C=O) groups excluding carboxylic acids is 2. The Balaban J connectivity index is 2.12. The molecular weight excluding hydrogens is 432 g/mol. The summed E-state index contributed by atoms with van der Waals surface area (Å²) in [4.78, 5) is 30.1. The van der Waals surface area contributed by atoms with E-state index in [2.05, 4.69) is 25.7 Å². The van der Waals surface area contributed by atoms with Gasteiger partial charge in [-0.1, -0.05) is 45.0 Å². The van der Waals surface area contributed by atoms with Crippen molar-refractivity contribution < 1.29 is 24.2 Å². The molecule has 7 nitrogen and oxygen atoms in total. The number of amides is 1. The third-order valence-corrected chi connectivity index (χ3v) is 6.45. The van der Waals surface area contributed by atoms with E-state index in [-0.39, 0.29) is 11.3 Å². The monoisotopic (exact) mass is 466 g/mol. The van der Waals surface area contributed by atoms with Crippen molar-refractivity contribution in [2.24, 2.45) is 0 Å². The lowest BCUT2D eigenvalue weighted by Crippen LogP contribution is -2.38. The molecule has 3 rings (SSSR count). The summed E-state index contributed by atoms with van der Waals surface area (Å²) in [6, 6.07) is 12.1. The number of aliphatic hydroxyl groups excluding tert-OH is 1. The van der Waals surface area contributed by atoms with Gasteiger partial charge in [-0.25, -0.2) is 0 Å². The molecule has 0 spiro atoms. The van der Waals surface area contributed by atoms with E-state index in [1.807, 2.05) is 24.3 Å². The van der Waals surface area contributed by atoms with Crippen molar-refractivity contribution in [1.82, 2.24) is 9.80 Å². The van der Waals surface area contributed by atoms with Gasteiger partial charge in [-0.2, -0.15) is 0 Å². The Morgan fingerprint density at radius 2 is 1.62 bits per heavy atom. The van der Waals surface area contributed by atoms with Gasteiger partial charge in [0.25, 0.3) is 11.7 Å². The number of methoxy groups -OCH3 is 2. The molecule has 0 bridgehead atoms. The molecule has 182 valence electrons. The van der Waals surface area contributed by atoms with E-state index in [0.29, 0.717) is 30.2 Å². The molecule has 2 aromatic rings. The quantitative estimate of drug-likeness (QED) is 0.324. The molecule has 1 atom stereocenters. The molecule has 1 saturated heterocycles. The number of carbonyl (C=O) groups is 2. The van der Waals surface area contributed by atoms with Gasteiger partial charge in [-0.05, 0) is 48.8 Å². The lowest BCUT2D eigenvalue weighted by Gasteiger charge is -2.28. The molecule has 0 radical (unpaired) electrons. The van der Waals surface area contributed by atoms with Crippen molar-refractivity contribution in [3.63, 3.8) is 0 Å². The number of rotatable bonds is 10. The highest BCUT2D eigenvalue weighted by molar-refractivity contribution is 6.46. The van der Waals surface area contributed by atoms with Crippen molar-refractivity contribution in [2.45, 2.75) is 33.2 Å². The highest BCUT2D eigenvalue weighted by Crippen LogP contribution is 2.40. The Morgan fingerprint density at radius 3 is 2.18 bits per heavy atom. The highest BCUT2D eigenvalue weighted by atomic mass is 16.5. The first-order valence-electron chi connectivity index (χ1n) is 11.7. The van der Waals surface area contributed by atoms with Crippen molar-refractivity contribution in [1.29, 1.82) is 0 Å². The molecule has 1 N–H and O–H groups in total. The van der Waals surface area contributed by atoms with Gasteiger partial charge in [0.15, 0.2) is 11.5 Å².